The molecule has 0 fully saturated rings. The Morgan fingerprint density at radius 3 is 2.95 bits per heavy atom. The van der Waals surface area contributed by atoms with Crippen LogP contribution in [0.1, 0.15) is 30.8 Å². The predicted molar refractivity (Wildman–Crippen MR) is 70.9 cm³/mol. The van der Waals surface area contributed by atoms with Crippen LogP contribution in [0.15, 0.2) is 24.5 Å². The van der Waals surface area contributed by atoms with E-state index >= 15 is 0 Å². The van der Waals surface area contributed by atoms with Gasteiger partial charge in [-0.05, 0) is 38.1 Å². The number of phenolic OH excluding ortho intramolecular Hbond substituents is 2. The number of aromatic nitrogens is 3. The molecule has 6 heteroatoms. The van der Waals surface area contributed by atoms with Crippen LogP contribution >= 0.6 is 0 Å². The summed E-state index contributed by atoms with van der Waals surface area (Å²) in [6.07, 6.45) is 3.24. The van der Waals surface area contributed by atoms with Crippen LogP contribution in [-0.2, 0) is 6.42 Å². The molecule has 0 saturated carbocycles. The number of aromatic amines is 1. The Hall–Kier alpha value is -2.08. The van der Waals surface area contributed by atoms with Crippen molar-refractivity contribution in [3.63, 3.8) is 0 Å². The molecule has 2 aromatic rings. The lowest BCUT2D eigenvalue weighted by Gasteiger charge is -2.15. The van der Waals surface area contributed by atoms with Crippen molar-refractivity contribution < 1.29 is 10.2 Å². The number of aryl methyl sites for hydroxylation is 1. The number of nitrogens with zero attached hydrogens (tertiary/aromatic N) is 2. The maximum Gasteiger partial charge on any atom is 0.137 e. The lowest BCUT2D eigenvalue weighted by atomic mass is 10.1. The molecule has 1 aromatic heterocycles. The Morgan fingerprint density at radius 1 is 1.37 bits per heavy atom. The smallest absolute Gasteiger partial charge is 0.137 e. The van der Waals surface area contributed by atoms with Crippen LogP contribution in [0, 0.1) is 0 Å². The minimum absolute atomic E-state index is 0.0261. The van der Waals surface area contributed by atoms with E-state index in [1.54, 1.807) is 6.07 Å². The molecule has 2 rings (SSSR count). The van der Waals surface area contributed by atoms with E-state index in [0.29, 0.717) is 5.56 Å². The quantitative estimate of drug-likeness (QED) is 0.467. The van der Waals surface area contributed by atoms with Crippen molar-refractivity contribution >= 4 is 0 Å². The minimum Gasteiger partial charge on any atom is -0.508 e. The molecule has 1 unspecified atom stereocenters. The third-order valence-corrected chi connectivity index (χ3v) is 2.98. The van der Waals surface area contributed by atoms with Crippen LogP contribution < -0.4 is 5.32 Å². The molecule has 0 spiro atoms. The zero-order chi connectivity index (χ0) is 13.7. The zero-order valence-electron chi connectivity index (χ0n) is 10.8. The highest BCUT2D eigenvalue weighted by molar-refractivity contribution is 5.40. The van der Waals surface area contributed by atoms with Gasteiger partial charge < -0.3 is 15.5 Å². The fourth-order valence-corrected chi connectivity index (χ4v) is 1.92. The van der Waals surface area contributed by atoms with Crippen molar-refractivity contribution in [1.82, 2.24) is 20.5 Å². The van der Waals surface area contributed by atoms with Crippen molar-refractivity contribution in [3.05, 3.63) is 35.9 Å². The molecular weight excluding hydrogens is 244 g/mol. The van der Waals surface area contributed by atoms with E-state index in [1.807, 2.05) is 6.92 Å². The molecule has 0 radical (unpaired) electrons. The number of aromatic hydroxyl groups is 2. The number of benzene rings is 1. The van der Waals surface area contributed by atoms with E-state index in [-0.39, 0.29) is 17.5 Å². The molecule has 102 valence electrons. The minimum atomic E-state index is -0.0261. The lowest BCUT2D eigenvalue weighted by Crippen LogP contribution is -2.20. The van der Waals surface area contributed by atoms with Crippen LogP contribution in [-0.4, -0.2) is 31.9 Å². The van der Waals surface area contributed by atoms with Gasteiger partial charge in [0.15, 0.2) is 0 Å². The molecule has 19 heavy (non-hydrogen) atoms. The van der Waals surface area contributed by atoms with E-state index in [2.05, 4.69) is 20.5 Å². The summed E-state index contributed by atoms with van der Waals surface area (Å²) >= 11 is 0. The van der Waals surface area contributed by atoms with Gasteiger partial charge in [-0.15, -0.1) is 0 Å². The van der Waals surface area contributed by atoms with Crippen LogP contribution in [0.25, 0.3) is 0 Å². The van der Waals surface area contributed by atoms with Crippen molar-refractivity contribution in [2.45, 2.75) is 25.8 Å². The van der Waals surface area contributed by atoms with Gasteiger partial charge in [0, 0.05) is 18.0 Å². The summed E-state index contributed by atoms with van der Waals surface area (Å²) in [7, 11) is 0. The van der Waals surface area contributed by atoms with Crippen LogP contribution in [0.3, 0.4) is 0 Å². The van der Waals surface area contributed by atoms with Crippen LogP contribution in [0.4, 0.5) is 0 Å². The summed E-state index contributed by atoms with van der Waals surface area (Å²) in [6, 6.07) is 4.51. The topological polar surface area (TPSA) is 94.1 Å². The number of phenols is 2. The zero-order valence-corrected chi connectivity index (χ0v) is 10.8. The molecule has 1 aromatic carbocycles. The van der Waals surface area contributed by atoms with Crippen molar-refractivity contribution in [2.24, 2.45) is 0 Å². The number of nitrogens with one attached hydrogen (secondary N) is 2. The average Bonchev–Trinajstić information content (AvgIpc) is 2.90. The Morgan fingerprint density at radius 2 is 2.21 bits per heavy atom. The second-order valence-corrected chi connectivity index (χ2v) is 4.45. The van der Waals surface area contributed by atoms with Crippen molar-refractivity contribution in [3.8, 4) is 11.5 Å². The third kappa shape index (κ3) is 3.69. The molecule has 1 heterocycles. The van der Waals surface area contributed by atoms with E-state index in [9.17, 15) is 10.2 Å². The first-order chi connectivity index (χ1) is 9.16. The summed E-state index contributed by atoms with van der Waals surface area (Å²) < 4.78 is 0. The second kappa shape index (κ2) is 6.19. The fraction of sp³-hybridized carbons (Fsp3) is 0.385. The van der Waals surface area contributed by atoms with E-state index in [1.165, 1.54) is 18.5 Å². The lowest BCUT2D eigenvalue weighted by molar-refractivity contribution is 0.440. The van der Waals surface area contributed by atoms with E-state index in [4.69, 9.17) is 0 Å². The average molecular weight is 262 g/mol. The first-order valence-electron chi connectivity index (χ1n) is 6.26. The molecular formula is C13H18N4O2. The Labute approximate surface area is 111 Å². The van der Waals surface area contributed by atoms with Gasteiger partial charge in [0.1, 0.15) is 23.7 Å². The monoisotopic (exact) mass is 262 g/mol. The molecule has 0 aliphatic heterocycles. The first-order valence-corrected chi connectivity index (χ1v) is 6.26. The highest BCUT2D eigenvalue weighted by Gasteiger charge is 2.10. The van der Waals surface area contributed by atoms with Gasteiger partial charge in [0.05, 0.1) is 0 Å². The standard InChI is InChI=1S/C13H18N4O2/c1-9(11-7-10(18)4-5-12(11)19)14-6-2-3-13-15-8-16-17-13/h4-5,7-9,14,18-19H,2-3,6H2,1H3,(H,15,16,17). The van der Waals surface area contributed by atoms with Gasteiger partial charge in [-0.3, -0.25) is 5.10 Å². The Balaban J connectivity index is 1.80. The van der Waals surface area contributed by atoms with E-state index < -0.39 is 0 Å². The molecule has 6 nitrogen and oxygen atoms in total. The molecule has 4 N–H and O–H groups in total. The SMILES string of the molecule is CC(NCCCc1ncn[nH]1)c1cc(O)ccc1O. The summed E-state index contributed by atoms with van der Waals surface area (Å²) in [5, 5.41) is 29.1. The number of hydrogen-bond donors (Lipinski definition) is 4. The van der Waals surface area contributed by atoms with Gasteiger partial charge in [-0.2, -0.15) is 5.10 Å². The molecule has 0 aliphatic rings. The van der Waals surface area contributed by atoms with Crippen molar-refractivity contribution in [1.29, 1.82) is 0 Å². The third-order valence-electron chi connectivity index (χ3n) is 2.98. The number of hydrogen-bond acceptors (Lipinski definition) is 5. The first kappa shape index (κ1) is 13.4. The summed E-state index contributed by atoms with van der Waals surface area (Å²) in [5.41, 5.74) is 0.694. The van der Waals surface area contributed by atoms with Crippen LogP contribution in [0.2, 0.25) is 0 Å². The number of rotatable bonds is 6. The highest BCUT2D eigenvalue weighted by Crippen LogP contribution is 2.27. The Kier molecular flexibility index (Phi) is 4.35. The summed E-state index contributed by atoms with van der Waals surface area (Å²) in [6.45, 7) is 2.74. The molecule has 0 amide bonds. The van der Waals surface area contributed by atoms with Crippen molar-refractivity contribution in [2.75, 3.05) is 6.54 Å². The predicted octanol–water partition coefficient (Wildman–Crippen LogP) is 1.50. The second-order valence-electron chi connectivity index (χ2n) is 4.45. The number of H-pyrrole nitrogens is 1. The normalized spacial score (nSPS) is 12.5. The van der Waals surface area contributed by atoms with Gasteiger partial charge in [0.25, 0.3) is 0 Å². The van der Waals surface area contributed by atoms with Gasteiger partial charge >= 0.3 is 0 Å². The molecule has 1 atom stereocenters. The summed E-state index contributed by atoms with van der Waals surface area (Å²) in [4.78, 5) is 4.05. The molecule has 0 aliphatic carbocycles. The van der Waals surface area contributed by atoms with Crippen LogP contribution in [0.5, 0.6) is 11.5 Å². The largest absolute Gasteiger partial charge is 0.508 e. The summed E-state index contributed by atoms with van der Waals surface area (Å²) in [5.74, 6) is 1.21. The highest BCUT2D eigenvalue weighted by atomic mass is 16.3. The van der Waals surface area contributed by atoms with Gasteiger partial charge in [-0.25, -0.2) is 4.98 Å². The molecule has 0 saturated heterocycles. The van der Waals surface area contributed by atoms with E-state index in [0.717, 1.165) is 25.2 Å². The van der Waals surface area contributed by atoms with Gasteiger partial charge in [-0.1, -0.05) is 0 Å². The molecule has 0 bridgehead atoms. The Bertz CT molecular complexity index is 513. The maximum absolute atomic E-state index is 9.74. The maximum atomic E-state index is 9.74. The van der Waals surface area contributed by atoms with Gasteiger partial charge in [0.2, 0.25) is 0 Å². The fourth-order valence-electron chi connectivity index (χ4n) is 1.92.